The number of hydrogen-bond donors (Lipinski definition) is 3. The molecule has 10 heteroatoms. The van der Waals surface area contributed by atoms with Crippen LogP contribution in [0.3, 0.4) is 0 Å². The molecular weight excluding hydrogens is 462 g/mol. The number of hydrogen-bond acceptors (Lipinski definition) is 7. The third kappa shape index (κ3) is 3.75. The predicted molar refractivity (Wildman–Crippen MR) is 125 cm³/mol. The van der Waals surface area contributed by atoms with E-state index >= 15 is 0 Å². The fourth-order valence-electron chi connectivity index (χ4n) is 4.24. The molecule has 2 aliphatic rings. The number of para-hydroxylation sites is 1. The van der Waals surface area contributed by atoms with Gasteiger partial charge in [-0.3, -0.25) is 29.1 Å². The summed E-state index contributed by atoms with van der Waals surface area (Å²) in [6.45, 7) is 1.71. The van der Waals surface area contributed by atoms with Crippen molar-refractivity contribution in [3.63, 3.8) is 0 Å². The molecule has 1 saturated heterocycles. The zero-order chi connectivity index (χ0) is 23.3. The number of phenols is 1. The summed E-state index contributed by atoms with van der Waals surface area (Å²) in [5.41, 5.74) is 2.14. The van der Waals surface area contributed by atoms with Crippen LogP contribution < -0.4 is 15.5 Å². The van der Waals surface area contributed by atoms with Gasteiger partial charge in [0.2, 0.25) is 17.7 Å². The molecule has 3 amide bonds. The molecule has 0 radical (unpaired) electrons. The molecule has 0 spiro atoms. The summed E-state index contributed by atoms with van der Waals surface area (Å²) in [7, 11) is 0. The van der Waals surface area contributed by atoms with E-state index in [0.717, 1.165) is 28.7 Å². The molecule has 3 aromatic rings. The molecule has 0 saturated carbocycles. The van der Waals surface area contributed by atoms with E-state index in [1.807, 2.05) is 19.1 Å². The number of amides is 3. The molecule has 0 bridgehead atoms. The van der Waals surface area contributed by atoms with Crippen molar-refractivity contribution in [2.24, 2.45) is 5.92 Å². The van der Waals surface area contributed by atoms with Gasteiger partial charge in [-0.1, -0.05) is 59.0 Å². The Labute approximate surface area is 196 Å². The van der Waals surface area contributed by atoms with Gasteiger partial charge < -0.3 is 10.4 Å². The largest absolute Gasteiger partial charge is 0.508 e. The van der Waals surface area contributed by atoms with Crippen molar-refractivity contribution >= 4 is 46.5 Å². The maximum atomic E-state index is 12.9. The van der Waals surface area contributed by atoms with Crippen LogP contribution in [0.5, 0.6) is 5.75 Å². The Kier molecular flexibility index (Phi) is 5.34. The van der Waals surface area contributed by atoms with Crippen LogP contribution >= 0.6 is 23.1 Å². The maximum Gasteiger partial charge on any atom is 0.308 e. The van der Waals surface area contributed by atoms with Gasteiger partial charge in [0.25, 0.3) is 0 Å². The molecule has 168 valence electrons. The van der Waals surface area contributed by atoms with Crippen molar-refractivity contribution in [1.29, 1.82) is 0 Å². The average Bonchev–Trinajstić information content (AvgIpc) is 3.24. The molecule has 1 fully saturated rings. The summed E-state index contributed by atoms with van der Waals surface area (Å²) >= 11 is 2.06. The van der Waals surface area contributed by atoms with Crippen molar-refractivity contribution in [2.45, 2.75) is 29.7 Å². The van der Waals surface area contributed by atoms with Crippen molar-refractivity contribution < 1.29 is 19.5 Å². The molecule has 5 rings (SSSR count). The first kappa shape index (κ1) is 21.5. The van der Waals surface area contributed by atoms with Crippen LogP contribution in [-0.2, 0) is 20.9 Å². The van der Waals surface area contributed by atoms with Crippen LogP contribution in [0.25, 0.3) is 0 Å². The van der Waals surface area contributed by atoms with E-state index in [2.05, 4.69) is 10.6 Å². The maximum absolute atomic E-state index is 12.9. The average molecular weight is 482 g/mol. The van der Waals surface area contributed by atoms with E-state index in [1.54, 1.807) is 30.3 Å². The summed E-state index contributed by atoms with van der Waals surface area (Å²) in [6.07, 6.45) is 0. The highest BCUT2D eigenvalue weighted by Gasteiger charge is 2.53. The smallest absolute Gasteiger partial charge is 0.308 e. The number of anilines is 1. The second-order valence-electron chi connectivity index (χ2n) is 7.99. The van der Waals surface area contributed by atoms with Crippen molar-refractivity contribution in [3.8, 4) is 5.75 Å². The van der Waals surface area contributed by atoms with Crippen LogP contribution in [0, 0.1) is 12.8 Å². The van der Waals surface area contributed by atoms with Gasteiger partial charge in [-0.05, 0) is 25.1 Å². The molecule has 0 aliphatic carbocycles. The number of phenolic OH excluding ortho intramolecular Hbond substituents is 1. The van der Waals surface area contributed by atoms with Gasteiger partial charge in [0.05, 0.1) is 10.9 Å². The molecule has 2 unspecified atom stereocenters. The first-order chi connectivity index (χ1) is 15.8. The topological polar surface area (TPSA) is 118 Å². The lowest BCUT2D eigenvalue weighted by atomic mass is 9.82. The fourth-order valence-corrected chi connectivity index (χ4v) is 6.97. The minimum Gasteiger partial charge on any atom is -0.508 e. The van der Waals surface area contributed by atoms with Crippen LogP contribution in [0.2, 0.25) is 0 Å². The molecule has 3 N–H and O–H groups in total. The van der Waals surface area contributed by atoms with E-state index in [9.17, 15) is 24.3 Å². The Balaban J connectivity index is 1.54. The van der Waals surface area contributed by atoms with Gasteiger partial charge in [-0.2, -0.15) is 0 Å². The number of nitrogens with zero attached hydrogens (tertiary/aromatic N) is 1. The standard InChI is InChI=1S/C23H19N3O5S2/c1-11-6-8-12(9-7-11)24-15(28)10-26-22-19(33-23(26)31)16(13-4-2-3-5-14(13)27)17-18(32-22)21(30)25-20(17)29/h2-9,16-18,27H,10H2,1H3,(H,24,28)(H,25,29,30)/t16-,17?,18?/m0/s1. The quantitative estimate of drug-likeness (QED) is 0.493. The van der Waals surface area contributed by atoms with E-state index in [0.29, 0.717) is 21.2 Å². The summed E-state index contributed by atoms with van der Waals surface area (Å²) in [5, 5.41) is 15.4. The van der Waals surface area contributed by atoms with Gasteiger partial charge in [0.1, 0.15) is 17.5 Å². The number of fused-ring (bicyclic) bond motifs is 2. The molecule has 2 aliphatic heterocycles. The summed E-state index contributed by atoms with van der Waals surface area (Å²) in [4.78, 5) is 51.0. The summed E-state index contributed by atoms with van der Waals surface area (Å²) in [6, 6.07) is 13.9. The molecule has 3 atom stereocenters. The SMILES string of the molecule is Cc1ccc(NC(=O)Cn2c3c(sc2=O)[C@@H](c2ccccc2O)C2C(=O)NC(=O)C2S3)cc1. The Bertz CT molecular complexity index is 1340. The monoisotopic (exact) mass is 481 g/mol. The van der Waals surface area contributed by atoms with Gasteiger partial charge in [-0.15, -0.1) is 0 Å². The number of rotatable bonds is 4. The first-order valence-corrected chi connectivity index (χ1v) is 11.9. The van der Waals surface area contributed by atoms with E-state index < -0.39 is 28.9 Å². The van der Waals surface area contributed by atoms with Gasteiger partial charge >= 0.3 is 4.87 Å². The van der Waals surface area contributed by atoms with E-state index in [-0.39, 0.29) is 23.1 Å². The number of aromatic hydroxyl groups is 1. The Morgan fingerprint density at radius 2 is 1.82 bits per heavy atom. The number of benzene rings is 2. The normalized spacial score (nSPS) is 21.3. The number of thioether (sulfide) groups is 1. The van der Waals surface area contributed by atoms with E-state index in [1.165, 1.54) is 10.6 Å². The minimum atomic E-state index is -0.755. The third-order valence-corrected chi connectivity index (χ3v) is 8.41. The zero-order valence-corrected chi connectivity index (χ0v) is 19.0. The Morgan fingerprint density at radius 1 is 1.09 bits per heavy atom. The van der Waals surface area contributed by atoms with Crippen molar-refractivity contribution in [2.75, 3.05) is 5.32 Å². The highest BCUT2D eigenvalue weighted by atomic mass is 32.2. The Morgan fingerprint density at radius 3 is 2.55 bits per heavy atom. The third-order valence-electron chi connectivity index (χ3n) is 5.80. The molecule has 33 heavy (non-hydrogen) atoms. The zero-order valence-electron chi connectivity index (χ0n) is 17.4. The number of thiazole rings is 1. The van der Waals surface area contributed by atoms with Crippen LogP contribution in [-0.4, -0.2) is 32.6 Å². The van der Waals surface area contributed by atoms with Crippen molar-refractivity contribution in [3.05, 3.63) is 74.2 Å². The predicted octanol–water partition coefficient (Wildman–Crippen LogP) is 2.44. The molecule has 3 heterocycles. The van der Waals surface area contributed by atoms with Crippen LogP contribution in [0.4, 0.5) is 5.69 Å². The molecular formula is C23H19N3O5S2. The highest BCUT2D eigenvalue weighted by molar-refractivity contribution is 8.00. The number of nitrogens with one attached hydrogen (secondary N) is 2. The Hall–Kier alpha value is -3.37. The summed E-state index contributed by atoms with van der Waals surface area (Å²) < 4.78 is 1.34. The molecule has 2 aromatic carbocycles. The lowest BCUT2D eigenvalue weighted by Crippen LogP contribution is -2.32. The minimum absolute atomic E-state index is 0.0178. The first-order valence-electron chi connectivity index (χ1n) is 10.2. The number of carbonyl (C=O) groups excluding carboxylic acids is 3. The molecule has 8 nitrogen and oxygen atoms in total. The number of imide groups is 1. The summed E-state index contributed by atoms with van der Waals surface area (Å²) in [5.74, 6) is -2.68. The van der Waals surface area contributed by atoms with Gasteiger partial charge in [0, 0.05) is 22.0 Å². The lowest BCUT2D eigenvalue weighted by molar-refractivity contribution is -0.126. The van der Waals surface area contributed by atoms with Gasteiger partial charge in [0.15, 0.2) is 0 Å². The molecule has 1 aromatic heterocycles. The highest BCUT2D eigenvalue weighted by Crippen LogP contribution is 2.52. The van der Waals surface area contributed by atoms with Crippen molar-refractivity contribution in [1.82, 2.24) is 9.88 Å². The van der Waals surface area contributed by atoms with Crippen LogP contribution in [0.1, 0.15) is 21.9 Å². The van der Waals surface area contributed by atoms with Gasteiger partial charge in [-0.25, -0.2) is 0 Å². The second-order valence-corrected chi connectivity index (χ2v) is 10.1. The number of aryl methyl sites for hydroxylation is 1. The lowest BCUT2D eigenvalue weighted by Gasteiger charge is -2.31. The number of carbonyl (C=O) groups is 3. The fraction of sp³-hybridized carbons (Fsp3) is 0.217. The van der Waals surface area contributed by atoms with Crippen LogP contribution in [0.15, 0.2) is 58.4 Å². The number of aromatic nitrogens is 1. The van der Waals surface area contributed by atoms with E-state index in [4.69, 9.17) is 0 Å². The second kappa shape index (κ2) is 8.20.